The van der Waals surface area contributed by atoms with Gasteiger partial charge in [0.05, 0.1) is 5.69 Å². The topological polar surface area (TPSA) is 54.3 Å². The Labute approximate surface area is 185 Å². The number of carbonyl (C=O) groups excluding carboxylic acids is 1. The van der Waals surface area contributed by atoms with E-state index < -0.39 is 5.91 Å². The number of thiocarbonyl (C=S) groups is 1. The van der Waals surface area contributed by atoms with Crippen molar-refractivity contribution in [1.82, 2.24) is 5.32 Å². The first-order valence-corrected chi connectivity index (χ1v) is 10.4. The zero-order valence-electron chi connectivity index (χ0n) is 14.6. The van der Waals surface area contributed by atoms with Gasteiger partial charge in [-0.05, 0) is 96.2 Å². The van der Waals surface area contributed by atoms with E-state index in [2.05, 4.69) is 56.1 Å². The Morgan fingerprint density at radius 1 is 1.07 bits per heavy atom. The maximum absolute atomic E-state index is 12.4. The zero-order valence-corrected chi connectivity index (χ0v) is 19.2. The van der Waals surface area contributed by atoms with Crippen LogP contribution in [0.4, 0.5) is 5.69 Å². The van der Waals surface area contributed by atoms with Crippen molar-refractivity contribution >= 4 is 67.4 Å². The van der Waals surface area contributed by atoms with E-state index in [1.807, 2.05) is 43.3 Å². The van der Waals surface area contributed by atoms with Crippen molar-refractivity contribution in [2.45, 2.75) is 13.8 Å². The summed E-state index contributed by atoms with van der Waals surface area (Å²) in [6, 6.07) is 15.2. The van der Waals surface area contributed by atoms with E-state index in [4.69, 9.17) is 16.6 Å². The summed E-state index contributed by atoms with van der Waals surface area (Å²) in [6.45, 7) is 4.10. The smallest absolute Gasteiger partial charge is 0.293 e. The van der Waals surface area contributed by atoms with Crippen LogP contribution in [-0.4, -0.2) is 11.0 Å². The summed E-state index contributed by atoms with van der Waals surface area (Å²) in [5.41, 5.74) is 4.13. The molecule has 1 amide bonds. The molecule has 0 spiro atoms. The van der Waals surface area contributed by atoms with Gasteiger partial charge in [0.2, 0.25) is 0 Å². The van der Waals surface area contributed by atoms with Crippen LogP contribution < -0.4 is 10.6 Å². The number of hydrogen-bond donors (Lipinski definition) is 2. The minimum Gasteiger partial charge on any atom is -0.451 e. The number of anilines is 1. The summed E-state index contributed by atoms with van der Waals surface area (Å²) in [6.07, 6.45) is 0. The number of furan rings is 1. The Hall–Kier alpha value is -1.71. The van der Waals surface area contributed by atoms with E-state index >= 15 is 0 Å². The molecule has 0 aliphatic rings. The van der Waals surface area contributed by atoms with E-state index in [9.17, 15) is 4.79 Å². The molecule has 138 valence electrons. The highest BCUT2D eigenvalue weighted by molar-refractivity contribution is 14.1. The van der Waals surface area contributed by atoms with Gasteiger partial charge in [-0.25, -0.2) is 0 Å². The van der Waals surface area contributed by atoms with Gasteiger partial charge in [0.1, 0.15) is 5.76 Å². The summed E-state index contributed by atoms with van der Waals surface area (Å²) in [4.78, 5) is 12.4. The van der Waals surface area contributed by atoms with Crippen LogP contribution in [-0.2, 0) is 0 Å². The molecular formula is C20H16BrIN2O2S. The summed E-state index contributed by atoms with van der Waals surface area (Å²) in [5.74, 6) is 0.456. The molecule has 2 aromatic carbocycles. The molecule has 2 N–H and O–H groups in total. The minimum atomic E-state index is -0.394. The van der Waals surface area contributed by atoms with Gasteiger partial charge >= 0.3 is 0 Å². The van der Waals surface area contributed by atoms with Gasteiger partial charge in [0.25, 0.3) is 5.91 Å². The van der Waals surface area contributed by atoms with Crippen molar-refractivity contribution in [2.24, 2.45) is 0 Å². The fourth-order valence-electron chi connectivity index (χ4n) is 2.42. The fraction of sp³-hybridized carbons (Fsp3) is 0.100. The number of aryl methyl sites for hydroxylation is 2. The van der Waals surface area contributed by atoms with E-state index in [0.29, 0.717) is 5.76 Å². The quantitative estimate of drug-likeness (QED) is 0.305. The Morgan fingerprint density at radius 3 is 2.56 bits per heavy atom. The second kappa shape index (κ2) is 8.53. The first-order chi connectivity index (χ1) is 12.8. The molecule has 0 atom stereocenters. The van der Waals surface area contributed by atoms with Crippen molar-refractivity contribution in [3.63, 3.8) is 0 Å². The second-order valence-electron chi connectivity index (χ2n) is 6.00. The fourth-order valence-corrected chi connectivity index (χ4v) is 4.06. The van der Waals surface area contributed by atoms with Crippen LogP contribution in [0, 0.1) is 17.4 Å². The number of amides is 1. The van der Waals surface area contributed by atoms with Gasteiger partial charge in [-0.2, -0.15) is 0 Å². The first-order valence-electron chi connectivity index (χ1n) is 8.08. The molecule has 0 aliphatic carbocycles. The Balaban J connectivity index is 1.68. The molecule has 1 heterocycles. The lowest BCUT2D eigenvalue weighted by Crippen LogP contribution is -2.34. The monoisotopic (exact) mass is 554 g/mol. The van der Waals surface area contributed by atoms with Gasteiger partial charge in [0.15, 0.2) is 10.9 Å². The van der Waals surface area contributed by atoms with Crippen LogP contribution >= 0.6 is 50.7 Å². The molecule has 0 saturated carbocycles. The summed E-state index contributed by atoms with van der Waals surface area (Å²) in [5, 5.41) is 5.88. The molecule has 3 aromatic rings. The number of rotatable bonds is 3. The van der Waals surface area contributed by atoms with Gasteiger partial charge in [-0.1, -0.05) is 28.1 Å². The van der Waals surface area contributed by atoms with Crippen LogP contribution in [0.3, 0.4) is 0 Å². The number of benzene rings is 2. The third-order valence-corrected chi connectivity index (χ3v) is 5.62. The number of nitrogens with one attached hydrogen (secondary N) is 2. The molecule has 4 nitrogen and oxygen atoms in total. The zero-order chi connectivity index (χ0) is 19.6. The third kappa shape index (κ3) is 4.97. The SMILES string of the molecule is Cc1ccc(-c2ccc(C(=O)NC(=S)Nc3ccc(Br)cc3I)o2)cc1C. The van der Waals surface area contributed by atoms with Crippen LogP contribution in [0.5, 0.6) is 0 Å². The number of carbonyl (C=O) groups is 1. The second-order valence-corrected chi connectivity index (χ2v) is 8.48. The average molecular weight is 555 g/mol. The van der Waals surface area contributed by atoms with E-state index in [-0.39, 0.29) is 10.9 Å². The standard InChI is InChI=1S/C20H16BrIN2O2S/c1-11-3-4-13(9-12(11)2)17-7-8-18(26-17)19(25)24-20(27)23-16-6-5-14(21)10-15(16)22/h3-10H,1-2H3,(H2,23,24,25,27). The molecule has 0 radical (unpaired) electrons. The lowest BCUT2D eigenvalue weighted by Gasteiger charge is -2.10. The average Bonchev–Trinajstić information content (AvgIpc) is 3.10. The highest BCUT2D eigenvalue weighted by atomic mass is 127. The predicted octanol–water partition coefficient (Wildman–Crippen LogP) is 6.06. The van der Waals surface area contributed by atoms with Crippen LogP contribution in [0.15, 0.2) is 57.4 Å². The van der Waals surface area contributed by atoms with Crippen LogP contribution in [0.2, 0.25) is 0 Å². The normalized spacial score (nSPS) is 10.5. The Morgan fingerprint density at radius 2 is 1.85 bits per heavy atom. The van der Waals surface area contributed by atoms with Crippen molar-refractivity contribution in [3.8, 4) is 11.3 Å². The minimum absolute atomic E-state index is 0.206. The van der Waals surface area contributed by atoms with Gasteiger partial charge in [0, 0.05) is 13.6 Å². The molecule has 0 aliphatic heterocycles. The molecular weight excluding hydrogens is 539 g/mol. The summed E-state index contributed by atoms with van der Waals surface area (Å²) in [7, 11) is 0. The first kappa shape index (κ1) is 20.0. The van der Waals surface area contributed by atoms with Crippen molar-refractivity contribution in [1.29, 1.82) is 0 Å². The summed E-state index contributed by atoms with van der Waals surface area (Å²) >= 11 is 10.8. The lowest BCUT2D eigenvalue weighted by molar-refractivity contribution is 0.0951. The molecule has 27 heavy (non-hydrogen) atoms. The molecule has 0 fully saturated rings. The molecule has 0 unspecified atom stereocenters. The maximum atomic E-state index is 12.4. The highest BCUT2D eigenvalue weighted by Gasteiger charge is 2.14. The van der Waals surface area contributed by atoms with Crippen molar-refractivity contribution in [2.75, 3.05) is 5.32 Å². The summed E-state index contributed by atoms with van der Waals surface area (Å²) < 4.78 is 7.66. The lowest BCUT2D eigenvalue weighted by atomic mass is 10.1. The van der Waals surface area contributed by atoms with Crippen molar-refractivity contribution < 1.29 is 9.21 Å². The van der Waals surface area contributed by atoms with Gasteiger partial charge < -0.3 is 9.73 Å². The van der Waals surface area contributed by atoms with Crippen LogP contribution in [0.1, 0.15) is 21.7 Å². The molecule has 7 heteroatoms. The molecule has 0 saturated heterocycles. The molecule has 3 rings (SSSR count). The van der Waals surface area contributed by atoms with E-state index in [1.54, 1.807) is 12.1 Å². The maximum Gasteiger partial charge on any atom is 0.293 e. The largest absolute Gasteiger partial charge is 0.451 e. The predicted molar refractivity (Wildman–Crippen MR) is 124 cm³/mol. The third-order valence-electron chi connectivity index (χ3n) is 4.03. The van der Waals surface area contributed by atoms with Gasteiger partial charge in [-0.15, -0.1) is 0 Å². The molecule has 0 bridgehead atoms. The van der Waals surface area contributed by atoms with E-state index in [0.717, 1.165) is 19.3 Å². The Kier molecular flexibility index (Phi) is 6.33. The number of halogens is 2. The molecule has 1 aromatic heterocycles. The Bertz CT molecular complexity index is 1030. The van der Waals surface area contributed by atoms with Gasteiger partial charge in [-0.3, -0.25) is 10.1 Å². The van der Waals surface area contributed by atoms with Crippen LogP contribution in [0.25, 0.3) is 11.3 Å². The number of hydrogen-bond acceptors (Lipinski definition) is 3. The highest BCUT2D eigenvalue weighted by Crippen LogP contribution is 2.25. The van der Waals surface area contributed by atoms with E-state index in [1.165, 1.54) is 11.1 Å². The van der Waals surface area contributed by atoms with Crippen molar-refractivity contribution in [3.05, 3.63) is 73.5 Å².